The van der Waals surface area contributed by atoms with Crippen LogP contribution in [0.4, 0.5) is 0 Å². The van der Waals surface area contributed by atoms with E-state index in [1.807, 2.05) is 25.1 Å². The van der Waals surface area contributed by atoms with E-state index in [-0.39, 0.29) is 18.3 Å². The van der Waals surface area contributed by atoms with Gasteiger partial charge in [-0.1, -0.05) is 44.6 Å². The molecule has 0 spiro atoms. The van der Waals surface area contributed by atoms with Crippen LogP contribution in [-0.2, 0) is 6.42 Å². The van der Waals surface area contributed by atoms with Crippen LogP contribution in [0.25, 0.3) is 0 Å². The smallest absolute Gasteiger partial charge is 0.203 e. The molecule has 4 saturated carbocycles. The molecule has 1 aromatic heterocycles. The normalized spacial score (nSPS) is 33.9. The van der Waals surface area contributed by atoms with E-state index in [1.165, 1.54) is 36.2 Å². The molecular weight excluding hydrogens is 619 g/mol. The molecule has 0 radical (unpaired) electrons. The molecule has 8 unspecified atom stereocenters. The van der Waals surface area contributed by atoms with Gasteiger partial charge in [0.1, 0.15) is 0 Å². The molecule has 8 rings (SSSR count). The molecule has 264 valence electrons. The first kappa shape index (κ1) is 35.9. The molecule has 0 aliphatic heterocycles. The lowest BCUT2D eigenvalue weighted by Gasteiger charge is -2.61. The number of ketones is 1. The summed E-state index contributed by atoms with van der Waals surface area (Å²) in [5, 5.41) is 44.5. The maximum atomic E-state index is 14.2. The maximum Gasteiger partial charge on any atom is 0.203 e. The molecule has 4 bridgehead atoms. The van der Waals surface area contributed by atoms with Crippen LogP contribution < -0.4 is 0 Å². The van der Waals surface area contributed by atoms with Gasteiger partial charge in [-0.05, 0) is 136 Å². The van der Waals surface area contributed by atoms with Crippen molar-refractivity contribution in [3.05, 3.63) is 68.4 Å². The number of rotatable bonds is 9. The van der Waals surface area contributed by atoms with Crippen molar-refractivity contribution in [2.75, 3.05) is 26.2 Å². The summed E-state index contributed by atoms with van der Waals surface area (Å²) in [7, 11) is 0. The van der Waals surface area contributed by atoms with Crippen LogP contribution in [0.5, 0.6) is 0 Å². The zero-order valence-corrected chi connectivity index (χ0v) is 30.7. The van der Waals surface area contributed by atoms with Gasteiger partial charge < -0.3 is 20.4 Å². The first-order chi connectivity index (χ1) is 22.7. The average molecular weight is 678 g/mol. The van der Waals surface area contributed by atoms with Crippen LogP contribution in [0.2, 0.25) is 0 Å². The van der Waals surface area contributed by atoms with Gasteiger partial charge in [-0.15, -0.1) is 11.3 Å². The summed E-state index contributed by atoms with van der Waals surface area (Å²) in [5.74, 6) is 1.95. The Morgan fingerprint density at radius 1 is 1.06 bits per heavy atom. The molecule has 1 heterocycles. The van der Waals surface area contributed by atoms with Crippen molar-refractivity contribution in [3.8, 4) is 0 Å². The number of aliphatic hydroxyl groups excluding tert-OH is 3. The number of hydrogen-bond donors (Lipinski definition) is 4. The second-order valence-electron chi connectivity index (χ2n) is 16.9. The minimum atomic E-state index is -1.05. The Bertz CT molecular complexity index is 1500. The molecule has 8 atom stereocenters. The van der Waals surface area contributed by atoms with E-state index in [0.717, 1.165) is 59.0 Å². The third-order valence-corrected chi connectivity index (χ3v) is 14.5. The van der Waals surface area contributed by atoms with Crippen molar-refractivity contribution in [1.82, 2.24) is 4.90 Å². The van der Waals surface area contributed by atoms with Gasteiger partial charge in [0.05, 0.1) is 29.3 Å². The standard InChI is InChI=1S/C41H59NO5S/c1-26-7-6-17-40(5)35(33-14-10-28(19-31(44)13-8-26)20-34(33)38(46)37-15-9-27(2)48-37)16-18-41(40,47)25-42(23-32(45)24-43)22-29-11-12-30-21-36(29)39(30,3)4/h7,9-10,14-15,20,29-32,35-36,43-45,47H,6,8,11-13,16-19,21-25H2,1-5H3. The monoisotopic (exact) mass is 677 g/mol. The summed E-state index contributed by atoms with van der Waals surface area (Å²) in [5.41, 5.74) is 2.68. The summed E-state index contributed by atoms with van der Waals surface area (Å²) in [4.78, 5) is 18.3. The number of benzene rings is 1. The summed E-state index contributed by atoms with van der Waals surface area (Å²) in [6.07, 6.45) is 9.58. The van der Waals surface area contributed by atoms with E-state index in [0.29, 0.717) is 55.2 Å². The molecule has 7 heteroatoms. The molecule has 0 saturated heterocycles. The zero-order valence-electron chi connectivity index (χ0n) is 29.9. The molecule has 48 heavy (non-hydrogen) atoms. The quantitative estimate of drug-likeness (QED) is 0.168. The van der Waals surface area contributed by atoms with Crippen LogP contribution in [0.1, 0.15) is 123 Å². The van der Waals surface area contributed by atoms with Gasteiger partial charge in [0, 0.05) is 35.5 Å². The number of aryl methyl sites for hydroxylation is 1. The maximum absolute atomic E-state index is 14.2. The lowest BCUT2D eigenvalue weighted by molar-refractivity contribution is -0.126. The number of carbonyl (C=O) groups is 1. The fourth-order valence-electron chi connectivity index (χ4n) is 10.3. The van der Waals surface area contributed by atoms with Crippen molar-refractivity contribution in [3.63, 3.8) is 0 Å². The van der Waals surface area contributed by atoms with E-state index in [9.17, 15) is 25.2 Å². The molecule has 2 aromatic rings. The Kier molecular flexibility index (Phi) is 10.5. The van der Waals surface area contributed by atoms with Crippen LogP contribution in [-0.4, -0.2) is 75.2 Å². The van der Waals surface area contributed by atoms with Gasteiger partial charge in [-0.3, -0.25) is 9.69 Å². The Hall–Kier alpha value is -1.87. The van der Waals surface area contributed by atoms with Gasteiger partial charge in [-0.2, -0.15) is 0 Å². The number of hydrogen-bond acceptors (Lipinski definition) is 7. The summed E-state index contributed by atoms with van der Waals surface area (Å²) in [6, 6.07) is 10.1. The molecular formula is C41H59NO5S. The summed E-state index contributed by atoms with van der Waals surface area (Å²) < 4.78 is 0. The predicted octanol–water partition coefficient (Wildman–Crippen LogP) is 7.05. The zero-order chi connectivity index (χ0) is 34.4. The third-order valence-electron chi connectivity index (χ3n) is 13.5. The topological polar surface area (TPSA) is 101 Å². The molecule has 6 aliphatic carbocycles. The molecule has 1 aromatic carbocycles. The Labute approximate surface area is 292 Å². The minimum absolute atomic E-state index is 0.0199. The fraction of sp³-hybridized carbons (Fsp3) is 0.683. The predicted molar refractivity (Wildman–Crippen MR) is 194 cm³/mol. The highest BCUT2D eigenvalue weighted by Gasteiger charge is 2.58. The number of allylic oxidation sites excluding steroid dienone is 2. The van der Waals surface area contributed by atoms with E-state index in [2.05, 4.69) is 50.8 Å². The first-order valence-corrected chi connectivity index (χ1v) is 19.4. The van der Waals surface area contributed by atoms with E-state index in [1.54, 1.807) is 0 Å². The van der Waals surface area contributed by atoms with E-state index < -0.39 is 23.2 Å². The molecule has 0 amide bonds. The lowest BCUT2D eigenvalue weighted by atomic mass is 9.45. The average Bonchev–Trinajstić information content (AvgIpc) is 3.59. The number of aliphatic hydroxyl groups is 4. The second kappa shape index (κ2) is 14.0. The van der Waals surface area contributed by atoms with Crippen LogP contribution in [0.3, 0.4) is 0 Å². The number of fused-ring (bicyclic) bond motifs is 10. The van der Waals surface area contributed by atoms with E-state index in [4.69, 9.17) is 0 Å². The number of thiophene rings is 1. The van der Waals surface area contributed by atoms with Crippen LogP contribution in [0.15, 0.2) is 42.0 Å². The molecule has 6 aliphatic rings. The Balaban J connectivity index is 1.37. The third kappa shape index (κ3) is 6.89. The van der Waals surface area contributed by atoms with Crippen molar-refractivity contribution in [1.29, 1.82) is 0 Å². The summed E-state index contributed by atoms with van der Waals surface area (Å²) in [6.45, 7) is 12.5. The second-order valence-corrected chi connectivity index (χ2v) is 18.2. The lowest BCUT2D eigenvalue weighted by Crippen LogP contribution is -2.58. The van der Waals surface area contributed by atoms with Crippen molar-refractivity contribution in [2.45, 2.75) is 123 Å². The fourth-order valence-corrected chi connectivity index (χ4v) is 11.1. The minimum Gasteiger partial charge on any atom is -0.394 e. The van der Waals surface area contributed by atoms with Crippen LogP contribution >= 0.6 is 11.3 Å². The molecule has 6 nitrogen and oxygen atoms in total. The van der Waals surface area contributed by atoms with Gasteiger partial charge in [0.15, 0.2) is 0 Å². The molecule has 4 fully saturated rings. The highest BCUT2D eigenvalue weighted by Crippen LogP contribution is 2.62. The van der Waals surface area contributed by atoms with Gasteiger partial charge in [0.2, 0.25) is 5.78 Å². The van der Waals surface area contributed by atoms with Gasteiger partial charge in [0.25, 0.3) is 0 Å². The van der Waals surface area contributed by atoms with E-state index >= 15 is 0 Å². The largest absolute Gasteiger partial charge is 0.394 e. The number of carbonyl (C=O) groups excluding carboxylic acids is 1. The first-order valence-electron chi connectivity index (χ1n) is 18.6. The highest BCUT2D eigenvalue weighted by molar-refractivity contribution is 7.14. The van der Waals surface area contributed by atoms with Gasteiger partial charge >= 0.3 is 0 Å². The Morgan fingerprint density at radius 2 is 1.85 bits per heavy atom. The highest BCUT2D eigenvalue weighted by atomic mass is 32.1. The van der Waals surface area contributed by atoms with Crippen LogP contribution in [0, 0.1) is 35.5 Å². The van der Waals surface area contributed by atoms with Crippen molar-refractivity contribution in [2.24, 2.45) is 28.6 Å². The number of nitrogens with zero attached hydrogens (tertiary/aromatic N) is 1. The molecule has 4 N–H and O–H groups in total. The summed E-state index contributed by atoms with van der Waals surface area (Å²) >= 11 is 1.52. The van der Waals surface area contributed by atoms with Gasteiger partial charge in [-0.25, -0.2) is 0 Å². The van der Waals surface area contributed by atoms with Crippen molar-refractivity contribution >= 4 is 17.1 Å². The SMILES string of the molecule is CC1=CCCC2(C)C(CCC2(O)CN(CC(O)CO)CC2CCC3CC2C3(C)C)c2ccc(cc2C(=O)c2ccc(C)s2)CC(O)CC1. The Morgan fingerprint density at radius 3 is 2.54 bits per heavy atom. The van der Waals surface area contributed by atoms with Crippen molar-refractivity contribution < 1.29 is 25.2 Å².